The van der Waals surface area contributed by atoms with Gasteiger partial charge in [-0.25, -0.2) is 0 Å². The highest BCUT2D eigenvalue weighted by molar-refractivity contribution is 6.30. The van der Waals surface area contributed by atoms with E-state index in [2.05, 4.69) is 10.6 Å². The van der Waals surface area contributed by atoms with E-state index in [9.17, 15) is 4.79 Å². The summed E-state index contributed by atoms with van der Waals surface area (Å²) in [4.78, 5) is 11.8. The largest absolute Gasteiger partial charge is 0.494 e. The van der Waals surface area contributed by atoms with E-state index in [-0.39, 0.29) is 12.5 Å². The number of carbonyl (C=O) groups is 1. The van der Waals surface area contributed by atoms with Crippen molar-refractivity contribution >= 4 is 23.2 Å². The van der Waals surface area contributed by atoms with E-state index in [1.165, 1.54) is 0 Å². The van der Waals surface area contributed by atoms with Gasteiger partial charge in [-0.2, -0.15) is 0 Å². The van der Waals surface area contributed by atoms with Gasteiger partial charge in [-0.15, -0.1) is 0 Å². The number of nitrogens with one attached hydrogen (secondary N) is 2. The third kappa shape index (κ3) is 5.39. The van der Waals surface area contributed by atoms with Crippen molar-refractivity contribution in [1.29, 1.82) is 0 Å². The van der Waals surface area contributed by atoms with E-state index in [1.54, 1.807) is 0 Å². The first-order valence-electron chi connectivity index (χ1n) is 7.15. The maximum atomic E-state index is 11.8. The fraction of sp³-hybridized carbons (Fsp3) is 0.235. The number of rotatable bonds is 7. The van der Waals surface area contributed by atoms with Crippen molar-refractivity contribution in [1.82, 2.24) is 5.32 Å². The quantitative estimate of drug-likeness (QED) is 0.822. The summed E-state index contributed by atoms with van der Waals surface area (Å²) in [6, 6.07) is 14.8. The van der Waals surface area contributed by atoms with Crippen LogP contribution in [0.2, 0.25) is 5.02 Å². The molecule has 22 heavy (non-hydrogen) atoms. The molecule has 0 aliphatic heterocycles. The van der Waals surface area contributed by atoms with Crippen LogP contribution in [0, 0.1) is 0 Å². The van der Waals surface area contributed by atoms with Gasteiger partial charge in [0.15, 0.2) is 0 Å². The van der Waals surface area contributed by atoms with E-state index in [1.807, 2.05) is 55.5 Å². The second-order valence-electron chi connectivity index (χ2n) is 4.74. The van der Waals surface area contributed by atoms with Crippen LogP contribution in [-0.2, 0) is 11.3 Å². The number of ether oxygens (including phenoxy) is 1. The summed E-state index contributed by atoms with van der Waals surface area (Å²) in [7, 11) is 0. The minimum atomic E-state index is -0.0915. The molecule has 1 amide bonds. The van der Waals surface area contributed by atoms with E-state index in [4.69, 9.17) is 16.3 Å². The zero-order chi connectivity index (χ0) is 15.8. The maximum Gasteiger partial charge on any atom is 0.238 e. The van der Waals surface area contributed by atoms with Crippen LogP contribution in [0.5, 0.6) is 5.75 Å². The Labute approximate surface area is 135 Å². The Kier molecular flexibility index (Phi) is 6.25. The lowest BCUT2D eigenvalue weighted by atomic mass is 10.2. The zero-order valence-corrected chi connectivity index (χ0v) is 13.2. The van der Waals surface area contributed by atoms with Gasteiger partial charge in [-0.05, 0) is 48.9 Å². The topological polar surface area (TPSA) is 50.4 Å². The molecule has 4 nitrogen and oxygen atoms in total. The number of anilines is 1. The molecule has 0 unspecified atom stereocenters. The molecule has 2 rings (SSSR count). The van der Waals surface area contributed by atoms with Crippen LogP contribution in [-0.4, -0.2) is 19.1 Å². The van der Waals surface area contributed by atoms with Gasteiger partial charge in [0.25, 0.3) is 0 Å². The second-order valence-corrected chi connectivity index (χ2v) is 5.18. The molecule has 2 aromatic rings. The van der Waals surface area contributed by atoms with Crippen LogP contribution in [0.3, 0.4) is 0 Å². The summed E-state index contributed by atoms with van der Waals surface area (Å²) in [6.45, 7) is 3.39. The normalized spacial score (nSPS) is 10.3. The zero-order valence-electron chi connectivity index (χ0n) is 12.4. The number of hydrogen-bond acceptors (Lipinski definition) is 3. The monoisotopic (exact) mass is 318 g/mol. The van der Waals surface area contributed by atoms with Crippen molar-refractivity contribution in [2.45, 2.75) is 13.5 Å². The van der Waals surface area contributed by atoms with Gasteiger partial charge in [0.05, 0.1) is 13.2 Å². The SMILES string of the molecule is CCOc1ccc(NC(=O)CNCc2cccc(Cl)c2)cc1. The number of halogens is 1. The number of amides is 1. The molecule has 0 saturated carbocycles. The highest BCUT2D eigenvalue weighted by Crippen LogP contribution is 2.15. The van der Waals surface area contributed by atoms with Crippen LogP contribution in [0.4, 0.5) is 5.69 Å². The Balaban J connectivity index is 1.75. The van der Waals surface area contributed by atoms with Gasteiger partial charge in [-0.3, -0.25) is 4.79 Å². The lowest BCUT2D eigenvalue weighted by molar-refractivity contribution is -0.115. The minimum Gasteiger partial charge on any atom is -0.494 e. The molecule has 0 spiro atoms. The van der Waals surface area contributed by atoms with Crippen LogP contribution in [0.15, 0.2) is 48.5 Å². The molecule has 0 heterocycles. The van der Waals surface area contributed by atoms with Crippen molar-refractivity contribution in [2.75, 3.05) is 18.5 Å². The number of hydrogen-bond donors (Lipinski definition) is 2. The van der Waals surface area contributed by atoms with Crippen LogP contribution < -0.4 is 15.4 Å². The summed E-state index contributed by atoms with van der Waals surface area (Å²) in [5, 5.41) is 6.60. The molecule has 0 aliphatic rings. The third-order valence-electron chi connectivity index (χ3n) is 2.95. The first kappa shape index (κ1) is 16.3. The molecule has 0 bridgehead atoms. The molecule has 2 aromatic carbocycles. The van der Waals surface area contributed by atoms with E-state index in [0.717, 1.165) is 17.0 Å². The molecule has 5 heteroatoms. The fourth-order valence-electron chi connectivity index (χ4n) is 1.97. The smallest absolute Gasteiger partial charge is 0.238 e. The van der Waals surface area contributed by atoms with Crippen LogP contribution in [0.25, 0.3) is 0 Å². The van der Waals surface area contributed by atoms with Gasteiger partial charge in [0.2, 0.25) is 5.91 Å². The predicted octanol–water partition coefficient (Wildman–Crippen LogP) is 3.47. The minimum absolute atomic E-state index is 0.0915. The molecule has 2 N–H and O–H groups in total. The Morgan fingerprint density at radius 3 is 2.64 bits per heavy atom. The molecule has 0 atom stereocenters. The number of benzene rings is 2. The third-order valence-corrected chi connectivity index (χ3v) is 3.19. The summed E-state index contributed by atoms with van der Waals surface area (Å²) < 4.78 is 5.35. The Bertz CT molecular complexity index is 614. The first-order valence-corrected chi connectivity index (χ1v) is 7.53. The van der Waals surface area contributed by atoms with Gasteiger partial charge in [0.1, 0.15) is 5.75 Å². The average Bonchev–Trinajstić information content (AvgIpc) is 2.50. The number of carbonyl (C=O) groups excluding carboxylic acids is 1. The fourth-order valence-corrected chi connectivity index (χ4v) is 2.19. The van der Waals surface area contributed by atoms with Gasteiger partial charge >= 0.3 is 0 Å². The molecule has 0 aliphatic carbocycles. The molecule has 0 fully saturated rings. The first-order chi connectivity index (χ1) is 10.7. The van der Waals surface area contributed by atoms with Gasteiger partial charge in [-0.1, -0.05) is 23.7 Å². The van der Waals surface area contributed by atoms with Crippen LogP contribution >= 0.6 is 11.6 Å². The standard InChI is InChI=1S/C17H19ClN2O2/c1-2-22-16-8-6-15(7-9-16)20-17(21)12-19-11-13-4-3-5-14(18)10-13/h3-10,19H,2,11-12H2,1H3,(H,20,21). The van der Waals surface area contributed by atoms with Gasteiger partial charge < -0.3 is 15.4 Å². The van der Waals surface area contributed by atoms with Crippen molar-refractivity contribution < 1.29 is 9.53 Å². The molecule has 0 saturated heterocycles. The molecular weight excluding hydrogens is 300 g/mol. The molecule has 0 aromatic heterocycles. The molecule has 0 radical (unpaired) electrons. The summed E-state index contributed by atoms with van der Waals surface area (Å²) >= 11 is 5.91. The van der Waals surface area contributed by atoms with Crippen molar-refractivity contribution in [3.63, 3.8) is 0 Å². The van der Waals surface area contributed by atoms with E-state index < -0.39 is 0 Å². The van der Waals surface area contributed by atoms with E-state index in [0.29, 0.717) is 18.2 Å². The Hall–Kier alpha value is -2.04. The van der Waals surface area contributed by atoms with Gasteiger partial charge in [0, 0.05) is 17.3 Å². The predicted molar refractivity (Wildman–Crippen MR) is 89.4 cm³/mol. The average molecular weight is 319 g/mol. The van der Waals surface area contributed by atoms with Crippen molar-refractivity contribution in [3.8, 4) is 5.75 Å². The lowest BCUT2D eigenvalue weighted by Gasteiger charge is -2.08. The van der Waals surface area contributed by atoms with Crippen molar-refractivity contribution in [2.24, 2.45) is 0 Å². The molecular formula is C17H19ClN2O2. The van der Waals surface area contributed by atoms with E-state index >= 15 is 0 Å². The summed E-state index contributed by atoms with van der Waals surface area (Å²) in [5.74, 6) is 0.700. The maximum absolute atomic E-state index is 11.8. The second kappa shape index (κ2) is 8.41. The molecule has 116 valence electrons. The Morgan fingerprint density at radius 2 is 1.95 bits per heavy atom. The Morgan fingerprint density at radius 1 is 1.18 bits per heavy atom. The highest BCUT2D eigenvalue weighted by Gasteiger charge is 2.02. The highest BCUT2D eigenvalue weighted by atomic mass is 35.5. The van der Waals surface area contributed by atoms with Crippen molar-refractivity contribution in [3.05, 3.63) is 59.1 Å². The summed E-state index contributed by atoms with van der Waals surface area (Å²) in [6.07, 6.45) is 0. The summed E-state index contributed by atoms with van der Waals surface area (Å²) in [5.41, 5.74) is 1.79. The van der Waals surface area contributed by atoms with Crippen LogP contribution in [0.1, 0.15) is 12.5 Å². The lowest BCUT2D eigenvalue weighted by Crippen LogP contribution is -2.27.